The van der Waals surface area contributed by atoms with Crippen LogP contribution in [0.1, 0.15) is 27.0 Å². The molecule has 3 heterocycles. The van der Waals surface area contributed by atoms with Crippen molar-refractivity contribution in [1.29, 1.82) is 0 Å². The molecule has 0 bridgehead atoms. The van der Waals surface area contributed by atoms with Crippen molar-refractivity contribution in [2.75, 3.05) is 26.2 Å². The largest absolute Gasteiger partial charge is 0.336 e. The fraction of sp³-hybridized carbons (Fsp3) is 0.250. The molecule has 1 saturated heterocycles. The summed E-state index contributed by atoms with van der Waals surface area (Å²) in [5, 5.41) is 0.912. The zero-order valence-corrected chi connectivity index (χ0v) is 19.2. The lowest BCUT2D eigenvalue weighted by molar-refractivity contribution is 0.0630. The molecule has 2 aromatic carbocycles. The van der Waals surface area contributed by atoms with Crippen LogP contribution < -0.4 is 0 Å². The molecule has 5 rings (SSSR count). The zero-order chi connectivity index (χ0) is 22.8. The number of aryl methyl sites for hydroxylation is 2. The molecule has 1 aliphatic rings. The Labute approximate surface area is 194 Å². The van der Waals surface area contributed by atoms with Gasteiger partial charge >= 0.3 is 0 Å². The maximum absolute atomic E-state index is 13.7. The summed E-state index contributed by atoms with van der Waals surface area (Å²) >= 11 is 0. The molecular formula is C28H28N4O. The normalized spacial score (nSPS) is 14.5. The number of fused-ring (bicyclic) bond motifs is 1. The van der Waals surface area contributed by atoms with Crippen molar-refractivity contribution in [2.24, 2.45) is 0 Å². The molecule has 1 aliphatic heterocycles. The third-order valence-electron chi connectivity index (χ3n) is 6.42. The van der Waals surface area contributed by atoms with Gasteiger partial charge in [0.15, 0.2) is 0 Å². The number of hydrogen-bond acceptors (Lipinski definition) is 4. The average molecular weight is 437 g/mol. The number of para-hydroxylation sites is 1. The molecule has 0 N–H and O–H groups in total. The van der Waals surface area contributed by atoms with E-state index in [0.29, 0.717) is 0 Å². The molecule has 5 nitrogen and oxygen atoms in total. The van der Waals surface area contributed by atoms with Gasteiger partial charge in [-0.1, -0.05) is 42.0 Å². The Kier molecular flexibility index (Phi) is 5.88. The van der Waals surface area contributed by atoms with Crippen molar-refractivity contribution >= 4 is 16.8 Å². The van der Waals surface area contributed by atoms with E-state index in [0.717, 1.165) is 60.4 Å². The lowest BCUT2D eigenvalue weighted by atomic mass is 9.99. The maximum atomic E-state index is 13.7. The van der Waals surface area contributed by atoms with E-state index in [4.69, 9.17) is 4.98 Å². The van der Waals surface area contributed by atoms with Gasteiger partial charge in [0.2, 0.25) is 0 Å². The fourth-order valence-corrected chi connectivity index (χ4v) is 4.62. The van der Waals surface area contributed by atoms with Crippen LogP contribution in [0.3, 0.4) is 0 Å². The predicted octanol–water partition coefficient (Wildman–Crippen LogP) is 4.87. The molecule has 1 fully saturated rings. The van der Waals surface area contributed by atoms with E-state index in [-0.39, 0.29) is 5.91 Å². The van der Waals surface area contributed by atoms with Crippen LogP contribution >= 0.6 is 0 Å². The third kappa shape index (κ3) is 4.50. The molecule has 4 aromatic rings. The maximum Gasteiger partial charge on any atom is 0.254 e. The van der Waals surface area contributed by atoms with Crippen LogP contribution in [0.5, 0.6) is 0 Å². The minimum absolute atomic E-state index is 0.0863. The van der Waals surface area contributed by atoms with E-state index in [2.05, 4.69) is 54.1 Å². The molecule has 33 heavy (non-hydrogen) atoms. The van der Waals surface area contributed by atoms with Crippen LogP contribution in [-0.2, 0) is 6.54 Å². The molecule has 0 unspecified atom stereocenters. The quantitative estimate of drug-likeness (QED) is 0.458. The van der Waals surface area contributed by atoms with E-state index in [1.54, 1.807) is 0 Å². The molecule has 1 amide bonds. The highest BCUT2D eigenvalue weighted by atomic mass is 16.2. The van der Waals surface area contributed by atoms with E-state index < -0.39 is 0 Å². The fourth-order valence-electron chi connectivity index (χ4n) is 4.62. The number of aromatic nitrogens is 2. The number of nitrogens with zero attached hydrogens (tertiary/aromatic N) is 4. The highest BCUT2D eigenvalue weighted by Crippen LogP contribution is 2.28. The number of benzene rings is 2. The van der Waals surface area contributed by atoms with Crippen molar-refractivity contribution in [1.82, 2.24) is 19.8 Å². The number of carbonyl (C=O) groups excluding carboxylic acids is 1. The number of piperazine rings is 1. The monoisotopic (exact) mass is 436 g/mol. The van der Waals surface area contributed by atoms with Crippen molar-refractivity contribution in [3.8, 4) is 11.3 Å². The molecule has 0 aliphatic carbocycles. The first kappa shape index (κ1) is 21.3. The molecule has 0 radical (unpaired) electrons. The second kappa shape index (κ2) is 9.12. The molecule has 2 aromatic heterocycles. The van der Waals surface area contributed by atoms with Crippen molar-refractivity contribution < 1.29 is 4.79 Å². The van der Waals surface area contributed by atoms with Crippen molar-refractivity contribution in [3.63, 3.8) is 0 Å². The summed E-state index contributed by atoms with van der Waals surface area (Å²) in [6.45, 7) is 8.25. The van der Waals surface area contributed by atoms with Crippen LogP contribution in [-0.4, -0.2) is 51.9 Å². The summed E-state index contributed by atoms with van der Waals surface area (Å²) in [5.41, 5.74) is 7.16. The summed E-state index contributed by atoms with van der Waals surface area (Å²) in [4.78, 5) is 27.0. The van der Waals surface area contributed by atoms with Crippen molar-refractivity contribution in [3.05, 3.63) is 95.3 Å². The van der Waals surface area contributed by atoms with Gasteiger partial charge in [0.1, 0.15) is 0 Å². The van der Waals surface area contributed by atoms with Crippen LogP contribution in [0.2, 0.25) is 0 Å². The highest BCUT2D eigenvalue weighted by Gasteiger charge is 2.24. The Morgan fingerprint density at radius 2 is 1.67 bits per heavy atom. The number of hydrogen-bond donors (Lipinski definition) is 0. The Balaban J connectivity index is 1.41. The SMILES string of the molecule is Cc1ccc(-c2cc(C(=O)N3CCN(Cc4ccncc4)CC3)c3ccccc3n2)c(C)c1. The minimum atomic E-state index is 0.0863. The average Bonchev–Trinajstić information content (AvgIpc) is 2.84. The molecule has 5 heteroatoms. The minimum Gasteiger partial charge on any atom is -0.336 e. The summed E-state index contributed by atoms with van der Waals surface area (Å²) in [5.74, 6) is 0.0863. The second-order valence-electron chi connectivity index (χ2n) is 8.81. The zero-order valence-electron chi connectivity index (χ0n) is 19.2. The van der Waals surface area contributed by atoms with Gasteiger partial charge in [0, 0.05) is 56.1 Å². The van der Waals surface area contributed by atoms with Gasteiger partial charge in [-0.2, -0.15) is 0 Å². The van der Waals surface area contributed by atoms with Gasteiger partial charge in [0.25, 0.3) is 5.91 Å². The van der Waals surface area contributed by atoms with Gasteiger partial charge in [-0.25, -0.2) is 4.98 Å². The van der Waals surface area contributed by atoms with Crippen LogP contribution in [0.15, 0.2) is 73.1 Å². The summed E-state index contributed by atoms with van der Waals surface area (Å²) in [6, 6.07) is 20.4. The van der Waals surface area contributed by atoms with E-state index in [1.165, 1.54) is 16.7 Å². The number of rotatable bonds is 4. The van der Waals surface area contributed by atoms with E-state index >= 15 is 0 Å². The summed E-state index contributed by atoms with van der Waals surface area (Å²) in [6.07, 6.45) is 3.66. The lowest BCUT2D eigenvalue weighted by Gasteiger charge is -2.35. The highest BCUT2D eigenvalue weighted by molar-refractivity contribution is 6.07. The number of pyridine rings is 2. The number of amides is 1. The van der Waals surface area contributed by atoms with Crippen LogP contribution in [0, 0.1) is 13.8 Å². The van der Waals surface area contributed by atoms with Gasteiger partial charge in [-0.3, -0.25) is 14.7 Å². The first-order chi connectivity index (χ1) is 16.1. The Morgan fingerprint density at radius 1 is 0.909 bits per heavy atom. The van der Waals surface area contributed by atoms with E-state index in [9.17, 15) is 4.79 Å². The molecule has 0 atom stereocenters. The van der Waals surface area contributed by atoms with Crippen molar-refractivity contribution in [2.45, 2.75) is 20.4 Å². The standard InChI is InChI=1S/C28H28N4O/c1-20-7-8-23(21(2)17-20)27-18-25(24-5-3-4-6-26(24)30-27)28(33)32-15-13-31(14-16-32)19-22-9-11-29-12-10-22/h3-12,17-18H,13-16,19H2,1-2H3. The molecule has 166 valence electrons. The summed E-state index contributed by atoms with van der Waals surface area (Å²) in [7, 11) is 0. The Hall–Kier alpha value is -3.57. The van der Waals surface area contributed by atoms with Gasteiger partial charge < -0.3 is 4.90 Å². The molecular weight excluding hydrogens is 408 g/mol. The lowest BCUT2D eigenvalue weighted by Crippen LogP contribution is -2.48. The first-order valence-electron chi connectivity index (χ1n) is 11.5. The molecule has 0 saturated carbocycles. The van der Waals surface area contributed by atoms with E-state index in [1.807, 2.05) is 47.6 Å². The summed E-state index contributed by atoms with van der Waals surface area (Å²) < 4.78 is 0. The van der Waals surface area contributed by atoms with Crippen LogP contribution in [0.4, 0.5) is 0 Å². The smallest absolute Gasteiger partial charge is 0.254 e. The second-order valence-corrected chi connectivity index (χ2v) is 8.81. The van der Waals surface area contributed by atoms with Gasteiger partial charge in [-0.05, 0) is 49.2 Å². The van der Waals surface area contributed by atoms with Gasteiger partial charge in [-0.15, -0.1) is 0 Å². The van der Waals surface area contributed by atoms with Crippen LogP contribution in [0.25, 0.3) is 22.2 Å². The topological polar surface area (TPSA) is 49.3 Å². The number of carbonyl (C=O) groups is 1. The predicted molar refractivity (Wildman–Crippen MR) is 132 cm³/mol. The Bertz CT molecular complexity index is 1290. The van der Waals surface area contributed by atoms with Gasteiger partial charge in [0.05, 0.1) is 16.8 Å². The Morgan fingerprint density at radius 3 is 2.42 bits per heavy atom. The third-order valence-corrected chi connectivity index (χ3v) is 6.42. The first-order valence-corrected chi connectivity index (χ1v) is 11.5. The molecule has 0 spiro atoms.